The number of anilines is 1. The summed E-state index contributed by atoms with van der Waals surface area (Å²) < 4.78 is 14.5. The number of carbonyl (C=O) groups excluding carboxylic acids is 1. The third-order valence-corrected chi connectivity index (χ3v) is 4.39. The highest BCUT2D eigenvalue weighted by Gasteiger charge is 2.17. The van der Waals surface area contributed by atoms with E-state index in [0.717, 1.165) is 0 Å². The smallest absolute Gasteiger partial charge is 0.321 e. The fourth-order valence-electron chi connectivity index (χ4n) is 3.06. The number of amides is 2. The Morgan fingerprint density at radius 3 is 2.83 bits per heavy atom. The van der Waals surface area contributed by atoms with E-state index in [9.17, 15) is 19.1 Å². The van der Waals surface area contributed by atoms with E-state index in [0.29, 0.717) is 34.3 Å². The van der Waals surface area contributed by atoms with Crippen LogP contribution in [0.2, 0.25) is 0 Å². The Morgan fingerprint density at radius 2 is 2.10 bits per heavy atom. The van der Waals surface area contributed by atoms with Gasteiger partial charge in [-0.05, 0) is 42.8 Å². The van der Waals surface area contributed by atoms with Gasteiger partial charge in [0.1, 0.15) is 17.0 Å². The van der Waals surface area contributed by atoms with Crippen LogP contribution in [-0.4, -0.2) is 37.6 Å². The Kier molecular flexibility index (Phi) is 4.88. The van der Waals surface area contributed by atoms with Crippen molar-refractivity contribution in [3.05, 3.63) is 58.9 Å². The Labute approximate surface area is 169 Å². The minimum atomic E-state index is -0.620. The number of nitrogens with zero attached hydrogens (tertiary/aromatic N) is 2. The van der Waals surface area contributed by atoms with Crippen molar-refractivity contribution in [1.29, 1.82) is 0 Å². The summed E-state index contributed by atoms with van der Waals surface area (Å²) in [6.07, 6.45) is 2.90. The molecule has 9 nitrogen and oxygen atoms in total. The molecule has 0 aliphatic rings. The van der Waals surface area contributed by atoms with Gasteiger partial charge in [-0.2, -0.15) is 0 Å². The van der Waals surface area contributed by atoms with Crippen molar-refractivity contribution in [3.63, 3.8) is 0 Å². The fourth-order valence-corrected chi connectivity index (χ4v) is 3.06. The van der Waals surface area contributed by atoms with Gasteiger partial charge in [-0.1, -0.05) is 0 Å². The van der Waals surface area contributed by atoms with Gasteiger partial charge in [0.05, 0.1) is 5.52 Å². The van der Waals surface area contributed by atoms with E-state index in [1.165, 1.54) is 30.6 Å². The summed E-state index contributed by atoms with van der Waals surface area (Å²) in [5.74, 6) is -0.808. The molecule has 0 saturated heterocycles. The number of urea groups is 1. The fraction of sp³-hybridized carbons (Fsp3) is 0.100. The predicted molar refractivity (Wildman–Crippen MR) is 110 cm³/mol. The van der Waals surface area contributed by atoms with Gasteiger partial charge in [-0.25, -0.2) is 14.2 Å². The van der Waals surface area contributed by atoms with Gasteiger partial charge in [-0.15, -0.1) is 0 Å². The number of benzene rings is 1. The zero-order valence-electron chi connectivity index (χ0n) is 15.8. The average molecular weight is 408 g/mol. The molecule has 4 rings (SSSR count). The summed E-state index contributed by atoms with van der Waals surface area (Å²) >= 11 is 0. The molecule has 5 N–H and O–H groups in total. The number of hydrogen-bond acceptors (Lipinski definition) is 5. The van der Waals surface area contributed by atoms with Crippen molar-refractivity contribution in [2.24, 2.45) is 0 Å². The first kappa shape index (κ1) is 19.1. The van der Waals surface area contributed by atoms with E-state index in [1.807, 2.05) is 0 Å². The summed E-state index contributed by atoms with van der Waals surface area (Å²) in [4.78, 5) is 37.3. The predicted octanol–water partition coefficient (Wildman–Crippen LogP) is 2.97. The van der Waals surface area contributed by atoms with E-state index >= 15 is 0 Å². The number of hydrogen-bond donors (Lipinski definition) is 5. The van der Waals surface area contributed by atoms with Crippen LogP contribution in [0.25, 0.3) is 33.4 Å². The molecular formula is C20H17FN6O3. The number of aromatic hydroxyl groups is 1. The largest absolute Gasteiger partial charge is 0.503 e. The number of imidazole rings is 1. The monoisotopic (exact) mass is 408 g/mol. The molecule has 0 aliphatic heterocycles. The van der Waals surface area contributed by atoms with Crippen molar-refractivity contribution < 1.29 is 14.3 Å². The first-order valence-corrected chi connectivity index (χ1v) is 9.08. The molecule has 3 heterocycles. The van der Waals surface area contributed by atoms with Crippen molar-refractivity contribution in [2.75, 3.05) is 11.9 Å². The van der Waals surface area contributed by atoms with Gasteiger partial charge < -0.3 is 20.4 Å². The van der Waals surface area contributed by atoms with Crippen LogP contribution in [0.15, 0.2) is 47.5 Å². The number of aromatic amines is 2. The second kappa shape index (κ2) is 7.66. The maximum absolute atomic E-state index is 14.5. The number of carbonyl (C=O) groups is 1. The van der Waals surface area contributed by atoms with Crippen molar-refractivity contribution in [1.82, 2.24) is 25.3 Å². The van der Waals surface area contributed by atoms with E-state index in [2.05, 4.69) is 30.6 Å². The number of rotatable bonds is 4. The lowest BCUT2D eigenvalue weighted by Gasteiger charge is -2.08. The molecule has 2 amide bonds. The van der Waals surface area contributed by atoms with E-state index < -0.39 is 23.2 Å². The molecule has 3 aromatic heterocycles. The highest BCUT2D eigenvalue weighted by Crippen LogP contribution is 2.34. The molecule has 0 saturated carbocycles. The summed E-state index contributed by atoms with van der Waals surface area (Å²) in [7, 11) is 0. The van der Waals surface area contributed by atoms with Crippen LogP contribution in [0.1, 0.15) is 6.92 Å². The zero-order valence-corrected chi connectivity index (χ0v) is 15.8. The molecule has 1 aromatic carbocycles. The molecule has 0 spiro atoms. The molecule has 0 fully saturated rings. The van der Waals surface area contributed by atoms with Crippen LogP contribution in [0.4, 0.5) is 15.1 Å². The number of halogens is 1. The Bertz CT molecular complexity index is 1310. The number of fused-ring (bicyclic) bond motifs is 1. The zero-order chi connectivity index (χ0) is 21.3. The van der Waals surface area contributed by atoms with Crippen LogP contribution in [0.5, 0.6) is 5.75 Å². The summed E-state index contributed by atoms with van der Waals surface area (Å²) in [6.45, 7) is 2.22. The normalized spacial score (nSPS) is 10.9. The van der Waals surface area contributed by atoms with E-state index in [1.54, 1.807) is 19.1 Å². The maximum atomic E-state index is 14.5. The minimum absolute atomic E-state index is 0.0778. The molecule has 30 heavy (non-hydrogen) atoms. The molecule has 0 unspecified atom stereocenters. The summed E-state index contributed by atoms with van der Waals surface area (Å²) in [5.41, 5.74) is 1.81. The number of pyridine rings is 2. The summed E-state index contributed by atoms with van der Waals surface area (Å²) in [5, 5.41) is 14.9. The lowest BCUT2D eigenvalue weighted by molar-refractivity contribution is 0.252. The summed E-state index contributed by atoms with van der Waals surface area (Å²) in [6, 6.07) is 7.00. The molecule has 0 radical (unpaired) electrons. The van der Waals surface area contributed by atoms with Crippen LogP contribution in [0, 0.1) is 5.82 Å². The lowest BCUT2D eigenvalue weighted by atomic mass is 10.0. The van der Waals surface area contributed by atoms with Gasteiger partial charge in [0.2, 0.25) is 5.95 Å². The highest BCUT2D eigenvalue weighted by atomic mass is 19.1. The van der Waals surface area contributed by atoms with Gasteiger partial charge in [0.15, 0.2) is 5.75 Å². The van der Waals surface area contributed by atoms with Gasteiger partial charge >= 0.3 is 6.03 Å². The number of H-pyrrole nitrogens is 2. The van der Waals surface area contributed by atoms with E-state index in [4.69, 9.17) is 0 Å². The van der Waals surface area contributed by atoms with Crippen LogP contribution < -0.4 is 16.2 Å². The third kappa shape index (κ3) is 3.58. The van der Waals surface area contributed by atoms with Gasteiger partial charge in [-0.3, -0.25) is 15.1 Å². The van der Waals surface area contributed by atoms with E-state index in [-0.39, 0.29) is 11.6 Å². The Hall–Kier alpha value is -4.21. The van der Waals surface area contributed by atoms with Crippen LogP contribution in [-0.2, 0) is 0 Å². The number of nitrogens with one attached hydrogen (secondary N) is 4. The quantitative estimate of drug-likeness (QED) is 0.354. The molecule has 0 aliphatic carbocycles. The van der Waals surface area contributed by atoms with Crippen LogP contribution >= 0.6 is 0 Å². The van der Waals surface area contributed by atoms with Crippen molar-refractivity contribution >= 4 is 23.0 Å². The van der Waals surface area contributed by atoms with Crippen molar-refractivity contribution in [2.45, 2.75) is 6.92 Å². The second-order valence-corrected chi connectivity index (χ2v) is 6.43. The maximum Gasteiger partial charge on any atom is 0.321 e. The molecule has 0 atom stereocenters. The first-order chi connectivity index (χ1) is 14.5. The van der Waals surface area contributed by atoms with Gasteiger partial charge in [0, 0.05) is 30.1 Å². The second-order valence-electron chi connectivity index (χ2n) is 6.43. The standard InChI is InChI=1S/C20H17FN6O3/c1-2-22-20(30)27-19-25-14-7-10(11-8-15(28)18(29)24-9-11)6-12(17(14)26-19)16-13(21)4-3-5-23-16/h3-9,28H,2H2,1H3,(H,24,29)(H3,22,25,26,27,30). The minimum Gasteiger partial charge on any atom is -0.503 e. The van der Waals surface area contributed by atoms with Gasteiger partial charge in [0.25, 0.3) is 5.56 Å². The molecule has 0 bridgehead atoms. The Balaban J connectivity index is 1.92. The molecular weight excluding hydrogens is 391 g/mol. The topological polar surface area (TPSA) is 136 Å². The number of aromatic nitrogens is 4. The molecule has 152 valence electrons. The third-order valence-electron chi connectivity index (χ3n) is 4.39. The highest BCUT2D eigenvalue weighted by molar-refractivity contribution is 5.98. The molecule has 10 heteroatoms. The molecule has 4 aromatic rings. The van der Waals surface area contributed by atoms with Crippen LogP contribution in [0.3, 0.4) is 0 Å². The lowest BCUT2D eigenvalue weighted by Crippen LogP contribution is -2.28. The average Bonchev–Trinajstić information content (AvgIpc) is 3.12. The SMILES string of the molecule is CCNC(=O)Nc1nc2c(-c3ncccc3F)cc(-c3c[nH]c(=O)c(O)c3)cc2[nH]1. The first-order valence-electron chi connectivity index (χ1n) is 9.08. The van der Waals surface area contributed by atoms with Crippen molar-refractivity contribution in [3.8, 4) is 28.1 Å². The Morgan fingerprint density at radius 1 is 1.27 bits per heavy atom.